The maximum Gasteiger partial charge on any atom is 0.293 e. The fourth-order valence-corrected chi connectivity index (χ4v) is 2.83. The summed E-state index contributed by atoms with van der Waals surface area (Å²) in [7, 11) is 0. The molecular weight excluding hydrogens is 254 g/mol. The molecule has 0 radical (unpaired) electrons. The van der Waals surface area contributed by atoms with Crippen LogP contribution in [-0.4, -0.2) is 51.7 Å². The monoisotopic (exact) mass is 277 g/mol. The molecule has 0 bridgehead atoms. The zero-order chi connectivity index (χ0) is 13.9. The third-order valence-corrected chi connectivity index (χ3v) is 4.10. The predicted octanol–water partition coefficient (Wildman–Crippen LogP) is 1.29. The molecule has 6 nitrogen and oxygen atoms in total. The molecule has 1 saturated carbocycles. The first-order valence-electron chi connectivity index (χ1n) is 7.73. The Morgan fingerprint density at radius 2 is 2.25 bits per heavy atom. The first kappa shape index (κ1) is 13.5. The second-order valence-electron chi connectivity index (χ2n) is 5.82. The number of piperidine rings is 1. The molecule has 6 heteroatoms. The van der Waals surface area contributed by atoms with Crippen molar-refractivity contribution in [2.75, 3.05) is 19.6 Å². The number of carbonyl (C=O) groups is 1. The van der Waals surface area contributed by atoms with E-state index in [4.69, 9.17) is 0 Å². The number of rotatable bonds is 5. The lowest BCUT2D eigenvalue weighted by atomic mass is 10.1. The third-order valence-electron chi connectivity index (χ3n) is 4.10. The lowest BCUT2D eigenvalue weighted by molar-refractivity contribution is 0.0636. The standard InChI is InChI=1S/C14H23N5O/c1-2-8-19(11-4-3-7-15-9-11)14(20)13-16-12(17-18-13)10-5-6-10/h10-11,15H,2-9H2,1H3,(H,16,17,18). The fourth-order valence-electron chi connectivity index (χ4n) is 2.83. The Hall–Kier alpha value is -1.43. The van der Waals surface area contributed by atoms with E-state index in [0.717, 1.165) is 57.6 Å². The van der Waals surface area contributed by atoms with Gasteiger partial charge < -0.3 is 10.2 Å². The molecule has 0 spiro atoms. The molecule has 1 aromatic rings. The number of nitrogens with one attached hydrogen (secondary N) is 2. The van der Waals surface area contributed by atoms with E-state index in [0.29, 0.717) is 11.7 Å². The van der Waals surface area contributed by atoms with Crippen LogP contribution in [0.3, 0.4) is 0 Å². The maximum absolute atomic E-state index is 12.6. The second-order valence-corrected chi connectivity index (χ2v) is 5.82. The summed E-state index contributed by atoms with van der Waals surface area (Å²) in [6.45, 7) is 4.81. The van der Waals surface area contributed by atoms with Gasteiger partial charge in [0, 0.05) is 25.0 Å². The number of hydrogen-bond acceptors (Lipinski definition) is 4. The molecule has 2 fully saturated rings. The van der Waals surface area contributed by atoms with E-state index in [1.54, 1.807) is 0 Å². The van der Waals surface area contributed by atoms with Crippen molar-refractivity contribution in [1.82, 2.24) is 25.4 Å². The van der Waals surface area contributed by atoms with E-state index in [-0.39, 0.29) is 11.9 Å². The number of H-pyrrole nitrogens is 1. The summed E-state index contributed by atoms with van der Waals surface area (Å²) in [6.07, 6.45) is 5.47. The van der Waals surface area contributed by atoms with Crippen molar-refractivity contribution in [2.45, 2.75) is 51.0 Å². The molecule has 1 unspecified atom stereocenters. The summed E-state index contributed by atoms with van der Waals surface area (Å²) in [5.41, 5.74) is 0. The van der Waals surface area contributed by atoms with Crippen LogP contribution in [0.4, 0.5) is 0 Å². The fraction of sp³-hybridized carbons (Fsp3) is 0.786. The highest BCUT2D eigenvalue weighted by molar-refractivity contribution is 5.90. The molecule has 1 aliphatic heterocycles. The molecule has 3 rings (SSSR count). The molecule has 2 N–H and O–H groups in total. The number of hydrogen-bond donors (Lipinski definition) is 2. The molecule has 1 aliphatic carbocycles. The number of carbonyl (C=O) groups excluding carboxylic acids is 1. The first-order valence-corrected chi connectivity index (χ1v) is 7.73. The van der Waals surface area contributed by atoms with Crippen LogP contribution in [0.5, 0.6) is 0 Å². The van der Waals surface area contributed by atoms with Crippen LogP contribution in [0.25, 0.3) is 0 Å². The highest BCUT2D eigenvalue weighted by Crippen LogP contribution is 2.37. The van der Waals surface area contributed by atoms with Crippen molar-refractivity contribution in [2.24, 2.45) is 0 Å². The summed E-state index contributed by atoms with van der Waals surface area (Å²) in [6, 6.07) is 0.277. The minimum atomic E-state index is -0.0244. The molecule has 110 valence electrons. The molecule has 0 aromatic carbocycles. The quantitative estimate of drug-likeness (QED) is 0.850. The van der Waals surface area contributed by atoms with E-state index in [1.165, 1.54) is 0 Å². The molecular formula is C14H23N5O. The topological polar surface area (TPSA) is 73.9 Å². The van der Waals surface area contributed by atoms with E-state index >= 15 is 0 Å². The zero-order valence-corrected chi connectivity index (χ0v) is 12.1. The number of aromatic nitrogens is 3. The SMILES string of the molecule is CCCN(C(=O)c1n[nH]c(C2CC2)n1)C1CCCNC1. The Bertz CT molecular complexity index is 462. The largest absolute Gasteiger partial charge is 0.332 e. The van der Waals surface area contributed by atoms with Crippen molar-refractivity contribution in [1.29, 1.82) is 0 Å². The van der Waals surface area contributed by atoms with Gasteiger partial charge in [0.15, 0.2) is 0 Å². The predicted molar refractivity (Wildman–Crippen MR) is 75.6 cm³/mol. The number of nitrogens with zero attached hydrogens (tertiary/aromatic N) is 3. The smallest absolute Gasteiger partial charge is 0.293 e. The molecule has 20 heavy (non-hydrogen) atoms. The van der Waals surface area contributed by atoms with Crippen molar-refractivity contribution >= 4 is 5.91 Å². The molecule has 2 heterocycles. The van der Waals surface area contributed by atoms with Crippen LogP contribution in [0.1, 0.15) is 61.4 Å². The van der Waals surface area contributed by atoms with Gasteiger partial charge in [-0.1, -0.05) is 6.92 Å². The number of amides is 1. The van der Waals surface area contributed by atoms with Crippen LogP contribution in [-0.2, 0) is 0 Å². The molecule has 1 saturated heterocycles. The Labute approximate surface area is 119 Å². The third kappa shape index (κ3) is 2.85. The van der Waals surface area contributed by atoms with Crippen LogP contribution in [0.2, 0.25) is 0 Å². The molecule has 1 aromatic heterocycles. The van der Waals surface area contributed by atoms with Gasteiger partial charge in [0.25, 0.3) is 5.91 Å². The van der Waals surface area contributed by atoms with E-state index in [9.17, 15) is 4.79 Å². The summed E-state index contributed by atoms with van der Waals surface area (Å²) in [5, 5.41) is 10.4. The van der Waals surface area contributed by atoms with Gasteiger partial charge in [-0.05, 0) is 38.6 Å². The van der Waals surface area contributed by atoms with Crippen molar-refractivity contribution in [3.63, 3.8) is 0 Å². The van der Waals surface area contributed by atoms with Crippen LogP contribution in [0, 0.1) is 0 Å². The van der Waals surface area contributed by atoms with Gasteiger partial charge in [0.1, 0.15) is 5.82 Å². The van der Waals surface area contributed by atoms with Crippen molar-refractivity contribution < 1.29 is 4.79 Å². The average Bonchev–Trinajstić information content (AvgIpc) is 3.22. The van der Waals surface area contributed by atoms with Crippen LogP contribution >= 0.6 is 0 Å². The van der Waals surface area contributed by atoms with E-state index in [1.807, 2.05) is 4.90 Å². The van der Waals surface area contributed by atoms with Gasteiger partial charge in [-0.2, -0.15) is 0 Å². The van der Waals surface area contributed by atoms with E-state index < -0.39 is 0 Å². The van der Waals surface area contributed by atoms with Gasteiger partial charge in [-0.15, -0.1) is 5.10 Å². The first-order chi connectivity index (χ1) is 9.79. The van der Waals surface area contributed by atoms with Gasteiger partial charge in [-0.25, -0.2) is 4.98 Å². The molecule has 1 amide bonds. The minimum absolute atomic E-state index is 0.0244. The van der Waals surface area contributed by atoms with Crippen LogP contribution in [0.15, 0.2) is 0 Å². The summed E-state index contributed by atoms with van der Waals surface area (Å²) in [5.74, 6) is 1.70. The van der Waals surface area contributed by atoms with Gasteiger partial charge >= 0.3 is 0 Å². The number of aromatic amines is 1. The minimum Gasteiger partial charge on any atom is -0.332 e. The summed E-state index contributed by atoms with van der Waals surface area (Å²) < 4.78 is 0. The average molecular weight is 277 g/mol. The van der Waals surface area contributed by atoms with Gasteiger partial charge in [0.2, 0.25) is 5.82 Å². The van der Waals surface area contributed by atoms with Crippen molar-refractivity contribution in [3.05, 3.63) is 11.6 Å². The molecule has 1 atom stereocenters. The maximum atomic E-state index is 12.6. The highest BCUT2D eigenvalue weighted by atomic mass is 16.2. The van der Waals surface area contributed by atoms with Crippen LogP contribution < -0.4 is 5.32 Å². The normalized spacial score (nSPS) is 22.8. The lowest BCUT2D eigenvalue weighted by Gasteiger charge is -2.33. The van der Waals surface area contributed by atoms with Gasteiger partial charge in [-0.3, -0.25) is 9.89 Å². The lowest BCUT2D eigenvalue weighted by Crippen LogP contribution is -2.49. The Balaban J connectivity index is 1.72. The Morgan fingerprint density at radius 1 is 1.40 bits per heavy atom. The Kier molecular flexibility index (Phi) is 4.00. The summed E-state index contributed by atoms with van der Waals surface area (Å²) in [4.78, 5) is 19.0. The van der Waals surface area contributed by atoms with Crippen molar-refractivity contribution in [3.8, 4) is 0 Å². The molecule has 2 aliphatic rings. The summed E-state index contributed by atoms with van der Waals surface area (Å²) >= 11 is 0. The highest BCUT2D eigenvalue weighted by Gasteiger charge is 2.31. The second kappa shape index (κ2) is 5.91. The van der Waals surface area contributed by atoms with Gasteiger partial charge in [0.05, 0.1) is 0 Å². The van der Waals surface area contributed by atoms with E-state index in [2.05, 4.69) is 27.4 Å². The Morgan fingerprint density at radius 3 is 2.90 bits per heavy atom. The zero-order valence-electron chi connectivity index (χ0n) is 12.1.